The molecular weight excluding hydrogens is 364 g/mol. The molecule has 0 spiro atoms. The van der Waals surface area contributed by atoms with Crippen LogP contribution < -0.4 is 0 Å². The molecule has 2 aromatic carbocycles. The third-order valence-corrected chi connectivity index (χ3v) is 5.20. The summed E-state index contributed by atoms with van der Waals surface area (Å²) in [6, 6.07) is 21.3. The second-order valence-corrected chi connectivity index (χ2v) is 7.25. The first-order valence-corrected chi connectivity index (χ1v) is 10.4. The molecule has 0 bridgehead atoms. The van der Waals surface area contributed by atoms with E-state index in [1.165, 1.54) is 11.1 Å². The fraction of sp³-hybridized carbons (Fsp3) is 0.214. The Morgan fingerprint density at radius 2 is 1.07 bits per heavy atom. The van der Waals surface area contributed by atoms with Crippen molar-refractivity contribution in [3.8, 4) is 0 Å². The van der Waals surface area contributed by atoms with Gasteiger partial charge in [-0.05, 0) is 11.1 Å². The van der Waals surface area contributed by atoms with Gasteiger partial charge in [-0.1, -0.05) is 91.5 Å². The van der Waals surface area contributed by atoms with Crippen molar-refractivity contribution in [3.63, 3.8) is 0 Å². The molecule has 1 atom stereocenters. The third-order valence-electron chi connectivity index (χ3n) is 5.20. The van der Waals surface area contributed by atoms with Gasteiger partial charge in [-0.3, -0.25) is 4.90 Å². The topological polar surface area (TPSA) is 6.48 Å². The van der Waals surface area contributed by atoms with Crippen LogP contribution in [0, 0.1) is 0 Å². The maximum Gasteiger partial charge on any atom is 0.0606 e. The molecular formula is C28H34N2. The lowest BCUT2D eigenvalue weighted by molar-refractivity contribution is 0.210. The first kappa shape index (κ1) is 23.2. The quantitative estimate of drug-likeness (QED) is 0.358. The molecule has 0 amide bonds. The van der Waals surface area contributed by atoms with Gasteiger partial charge in [-0.2, -0.15) is 0 Å². The van der Waals surface area contributed by atoms with Crippen LogP contribution in [0.1, 0.15) is 17.0 Å². The lowest BCUT2D eigenvalue weighted by Crippen LogP contribution is -2.46. The van der Waals surface area contributed by atoms with Crippen LogP contribution in [-0.2, 0) is 0 Å². The van der Waals surface area contributed by atoms with Crippen molar-refractivity contribution in [2.75, 3.05) is 26.2 Å². The predicted octanol–water partition coefficient (Wildman–Crippen LogP) is 6.05. The maximum atomic E-state index is 4.57. The molecule has 2 nitrogen and oxygen atoms in total. The zero-order valence-corrected chi connectivity index (χ0v) is 18.0. The van der Waals surface area contributed by atoms with Gasteiger partial charge in [0, 0.05) is 37.8 Å². The lowest BCUT2D eigenvalue weighted by Gasteiger charge is -2.41. The van der Waals surface area contributed by atoms with E-state index >= 15 is 0 Å². The molecule has 0 aliphatic rings. The van der Waals surface area contributed by atoms with Gasteiger partial charge in [0.2, 0.25) is 0 Å². The Balaban J connectivity index is 2.66. The van der Waals surface area contributed by atoms with Crippen LogP contribution in [0.3, 0.4) is 0 Å². The van der Waals surface area contributed by atoms with Crippen LogP contribution in [0.5, 0.6) is 0 Å². The Hall–Kier alpha value is -3.10. The summed E-state index contributed by atoms with van der Waals surface area (Å²) in [6.07, 6.45) is 7.72. The number of rotatable bonds is 14. The van der Waals surface area contributed by atoms with Crippen molar-refractivity contribution >= 4 is 0 Å². The van der Waals surface area contributed by atoms with Gasteiger partial charge in [-0.15, -0.1) is 26.3 Å². The zero-order valence-electron chi connectivity index (χ0n) is 18.0. The van der Waals surface area contributed by atoms with Crippen molar-refractivity contribution in [2.45, 2.75) is 12.0 Å². The average Bonchev–Trinajstić information content (AvgIpc) is 2.78. The molecule has 0 saturated heterocycles. The molecule has 0 aliphatic carbocycles. The van der Waals surface area contributed by atoms with Gasteiger partial charge in [0.25, 0.3) is 0 Å². The summed E-state index contributed by atoms with van der Waals surface area (Å²) in [7, 11) is 0. The van der Waals surface area contributed by atoms with Crippen LogP contribution in [0.4, 0.5) is 0 Å². The van der Waals surface area contributed by atoms with Crippen LogP contribution in [0.15, 0.2) is 124 Å². The summed E-state index contributed by atoms with van der Waals surface area (Å²) in [4.78, 5) is 4.62. The van der Waals surface area contributed by atoms with E-state index in [9.17, 15) is 0 Å². The minimum Gasteiger partial charge on any atom is -0.367 e. The summed E-state index contributed by atoms with van der Waals surface area (Å²) < 4.78 is 0. The Morgan fingerprint density at radius 1 is 0.667 bits per heavy atom. The molecule has 0 aromatic heterocycles. The number of hydrogen-bond donors (Lipinski definition) is 0. The molecule has 0 aliphatic heterocycles. The highest BCUT2D eigenvalue weighted by molar-refractivity contribution is 5.38. The van der Waals surface area contributed by atoms with E-state index in [0.717, 1.165) is 18.8 Å². The van der Waals surface area contributed by atoms with Gasteiger partial charge >= 0.3 is 0 Å². The fourth-order valence-electron chi connectivity index (χ4n) is 3.93. The van der Waals surface area contributed by atoms with Crippen LogP contribution >= 0.6 is 0 Å². The van der Waals surface area contributed by atoms with E-state index in [-0.39, 0.29) is 12.0 Å². The van der Waals surface area contributed by atoms with E-state index in [1.807, 2.05) is 24.3 Å². The predicted molar refractivity (Wildman–Crippen MR) is 132 cm³/mol. The normalized spacial score (nSPS) is 11.7. The molecule has 1 unspecified atom stereocenters. The van der Waals surface area contributed by atoms with Crippen LogP contribution in [0.25, 0.3) is 0 Å². The van der Waals surface area contributed by atoms with E-state index in [2.05, 4.69) is 103 Å². The molecule has 2 aromatic rings. The highest BCUT2D eigenvalue weighted by atomic mass is 15.2. The Morgan fingerprint density at radius 3 is 1.43 bits per heavy atom. The smallest absolute Gasteiger partial charge is 0.0606 e. The summed E-state index contributed by atoms with van der Waals surface area (Å²) in [5, 5.41) is 0. The summed E-state index contributed by atoms with van der Waals surface area (Å²) in [5.74, 6) is 0.108. The highest BCUT2D eigenvalue weighted by Crippen LogP contribution is 2.35. The molecule has 0 radical (unpaired) electrons. The molecule has 156 valence electrons. The van der Waals surface area contributed by atoms with Crippen molar-refractivity contribution in [1.29, 1.82) is 0 Å². The van der Waals surface area contributed by atoms with Crippen molar-refractivity contribution in [2.24, 2.45) is 0 Å². The summed E-state index contributed by atoms with van der Waals surface area (Å²) >= 11 is 0. The Kier molecular flexibility index (Phi) is 9.63. The minimum absolute atomic E-state index is 0.0192. The number of benzene rings is 2. The van der Waals surface area contributed by atoms with Crippen LogP contribution in [0.2, 0.25) is 0 Å². The second kappa shape index (κ2) is 12.5. The fourth-order valence-corrected chi connectivity index (χ4v) is 3.93. The van der Waals surface area contributed by atoms with E-state index < -0.39 is 0 Å². The SMILES string of the molecule is C=CCN(CC=C)C(=C)C(C(c1ccccc1)c1ccccc1)N(CC=C)CC=C. The average molecular weight is 399 g/mol. The molecule has 2 heteroatoms. The van der Waals surface area contributed by atoms with Gasteiger partial charge in [0.15, 0.2) is 0 Å². The Labute approximate surface area is 182 Å². The monoisotopic (exact) mass is 398 g/mol. The van der Waals surface area contributed by atoms with Crippen molar-refractivity contribution < 1.29 is 0 Å². The first-order valence-electron chi connectivity index (χ1n) is 10.4. The molecule has 0 saturated carbocycles. The van der Waals surface area contributed by atoms with Gasteiger partial charge in [0.05, 0.1) is 6.04 Å². The molecule has 0 fully saturated rings. The van der Waals surface area contributed by atoms with E-state index in [4.69, 9.17) is 0 Å². The lowest BCUT2D eigenvalue weighted by atomic mass is 9.82. The van der Waals surface area contributed by atoms with Crippen LogP contribution in [-0.4, -0.2) is 42.0 Å². The van der Waals surface area contributed by atoms with Gasteiger partial charge < -0.3 is 4.90 Å². The minimum atomic E-state index is 0.0192. The maximum absolute atomic E-state index is 4.57. The zero-order chi connectivity index (χ0) is 21.8. The largest absolute Gasteiger partial charge is 0.367 e. The summed E-state index contributed by atoms with van der Waals surface area (Å²) in [5.41, 5.74) is 3.55. The van der Waals surface area contributed by atoms with E-state index in [0.29, 0.717) is 13.1 Å². The molecule has 0 N–H and O–H groups in total. The number of hydrogen-bond acceptors (Lipinski definition) is 2. The van der Waals surface area contributed by atoms with Gasteiger partial charge in [-0.25, -0.2) is 0 Å². The third kappa shape index (κ3) is 5.95. The van der Waals surface area contributed by atoms with Gasteiger partial charge in [0.1, 0.15) is 0 Å². The first-order chi connectivity index (χ1) is 14.7. The van der Waals surface area contributed by atoms with Crippen molar-refractivity contribution in [3.05, 3.63) is 135 Å². The molecule has 0 heterocycles. The highest BCUT2D eigenvalue weighted by Gasteiger charge is 2.33. The molecule has 30 heavy (non-hydrogen) atoms. The standard InChI is InChI=1S/C28H34N2/c1-6-20-29(21-7-2)24(5)28(30(22-8-3)23-9-4)27(25-16-12-10-13-17-25)26-18-14-11-15-19-26/h6-19,27-28H,1-5,20-23H2. The number of nitrogens with zero attached hydrogens (tertiary/aromatic N) is 2. The molecule has 2 rings (SSSR count). The van der Waals surface area contributed by atoms with Crippen molar-refractivity contribution in [1.82, 2.24) is 9.80 Å². The summed E-state index contributed by atoms with van der Waals surface area (Å²) in [6.45, 7) is 23.3. The van der Waals surface area contributed by atoms with E-state index in [1.54, 1.807) is 0 Å². The second-order valence-electron chi connectivity index (χ2n) is 7.25. The Bertz CT molecular complexity index is 763.